The number of allylic oxidation sites excluding steroid dienone is 8. The molecule has 0 saturated carbocycles. The van der Waals surface area contributed by atoms with Gasteiger partial charge in [-0.3, -0.25) is 0 Å². The Bertz CT molecular complexity index is 626. The van der Waals surface area contributed by atoms with Crippen molar-refractivity contribution in [1.29, 1.82) is 0 Å². The molecule has 26 heavy (non-hydrogen) atoms. The first-order valence-corrected chi connectivity index (χ1v) is 17.0. The van der Waals surface area contributed by atoms with Crippen LogP contribution in [0.25, 0.3) is 0 Å². The van der Waals surface area contributed by atoms with Gasteiger partial charge in [0, 0.05) is 0 Å². The van der Waals surface area contributed by atoms with Crippen LogP contribution in [0.1, 0.15) is 55.4 Å². The van der Waals surface area contributed by atoms with Gasteiger partial charge in [-0.2, -0.15) is 0 Å². The molecule has 2 heteroatoms. The van der Waals surface area contributed by atoms with Crippen LogP contribution in [0.3, 0.4) is 0 Å². The second-order valence-electron chi connectivity index (χ2n) is 10.6. The van der Waals surface area contributed by atoms with Gasteiger partial charge in [0.05, 0.1) is 16.1 Å². The Morgan fingerprint density at radius 1 is 0.462 bits per heavy atom. The van der Waals surface area contributed by atoms with E-state index in [1.807, 2.05) is 0 Å². The quantitative estimate of drug-likeness (QED) is 0.415. The van der Waals surface area contributed by atoms with Gasteiger partial charge in [0.15, 0.2) is 0 Å². The molecule has 0 unspecified atom stereocenters. The van der Waals surface area contributed by atoms with Crippen LogP contribution in [0.2, 0.25) is 49.4 Å². The van der Waals surface area contributed by atoms with Gasteiger partial charge in [-0.1, -0.05) is 60.6 Å². The predicted molar refractivity (Wildman–Crippen MR) is 126 cm³/mol. The third kappa shape index (κ3) is 3.44. The van der Waals surface area contributed by atoms with Crippen LogP contribution in [0.4, 0.5) is 0 Å². The smallest absolute Gasteiger partial charge is 0.0592 e. The van der Waals surface area contributed by atoms with Gasteiger partial charge in [-0.05, 0) is 88.8 Å². The average Bonchev–Trinajstić information content (AvgIpc) is 2.86. The van der Waals surface area contributed by atoms with Crippen molar-refractivity contribution in [1.82, 2.24) is 0 Å². The summed E-state index contributed by atoms with van der Waals surface area (Å²) in [7, 11) is -2.66. The van der Waals surface area contributed by atoms with Crippen molar-refractivity contribution in [3.8, 4) is 0 Å². The second kappa shape index (κ2) is 7.09. The van der Waals surface area contributed by atoms with E-state index < -0.39 is 16.1 Å². The molecule has 0 nitrogen and oxygen atoms in total. The summed E-state index contributed by atoms with van der Waals surface area (Å²) in [6.45, 7) is 29.6. The van der Waals surface area contributed by atoms with E-state index in [1.54, 1.807) is 44.6 Å². The summed E-state index contributed by atoms with van der Waals surface area (Å²) in [5.41, 5.74) is 14.5. The van der Waals surface area contributed by atoms with E-state index in [2.05, 4.69) is 81.6 Å². The van der Waals surface area contributed by atoms with E-state index in [9.17, 15) is 0 Å². The Morgan fingerprint density at radius 3 is 0.846 bits per heavy atom. The van der Waals surface area contributed by atoms with E-state index in [1.165, 1.54) is 12.1 Å². The number of rotatable bonds is 5. The molecule has 0 radical (unpaired) electrons. The molecule has 0 bridgehead atoms. The zero-order valence-electron chi connectivity index (χ0n) is 19.6. The topological polar surface area (TPSA) is 0 Å². The number of hydrogen-bond donors (Lipinski definition) is 0. The van der Waals surface area contributed by atoms with Crippen LogP contribution in [0.15, 0.2) is 44.6 Å². The van der Waals surface area contributed by atoms with Gasteiger partial charge in [-0.25, -0.2) is 0 Å². The Hall–Kier alpha value is -0.606. The summed E-state index contributed by atoms with van der Waals surface area (Å²) in [6, 6.07) is 2.95. The predicted octanol–water partition coefficient (Wildman–Crippen LogP) is 8.52. The van der Waals surface area contributed by atoms with Gasteiger partial charge in [0.1, 0.15) is 0 Å². The Labute approximate surface area is 165 Å². The Kier molecular flexibility index (Phi) is 5.91. The normalized spacial score (nSPS) is 21.2. The minimum atomic E-state index is -1.33. The van der Waals surface area contributed by atoms with Crippen molar-refractivity contribution in [2.75, 3.05) is 0 Å². The van der Waals surface area contributed by atoms with Crippen molar-refractivity contribution in [2.45, 2.75) is 105 Å². The Morgan fingerprint density at radius 2 is 0.654 bits per heavy atom. The van der Waals surface area contributed by atoms with Crippen molar-refractivity contribution < 1.29 is 0 Å². The van der Waals surface area contributed by atoms with Crippen LogP contribution >= 0.6 is 0 Å². The molecular formula is C24H42Si2. The van der Waals surface area contributed by atoms with Gasteiger partial charge in [0.25, 0.3) is 0 Å². The first-order valence-electron chi connectivity index (χ1n) is 10.4. The molecular weight excluding hydrogens is 344 g/mol. The first-order chi connectivity index (χ1) is 11.7. The maximum atomic E-state index is 2.65. The van der Waals surface area contributed by atoms with Gasteiger partial charge >= 0.3 is 0 Å². The second-order valence-corrected chi connectivity index (χ2v) is 20.7. The van der Waals surface area contributed by atoms with Crippen molar-refractivity contribution in [3.05, 3.63) is 44.6 Å². The third-order valence-corrected chi connectivity index (χ3v) is 16.6. The summed E-state index contributed by atoms with van der Waals surface area (Å²) in [5.74, 6) is 0. The minimum Gasteiger partial charge on any atom is -0.0686 e. The lowest BCUT2D eigenvalue weighted by Gasteiger charge is -2.38. The zero-order chi connectivity index (χ0) is 20.2. The van der Waals surface area contributed by atoms with E-state index in [4.69, 9.17) is 0 Å². The molecule has 0 saturated heterocycles. The summed E-state index contributed by atoms with van der Waals surface area (Å²) in [6.07, 6.45) is 0. The van der Waals surface area contributed by atoms with E-state index in [0.29, 0.717) is 0 Å². The van der Waals surface area contributed by atoms with Gasteiger partial charge < -0.3 is 0 Å². The van der Waals surface area contributed by atoms with E-state index in [-0.39, 0.29) is 0 Å². The van der Waals surface area contributed by atoms with Crippen LogP contribution in [-0.2, 0) is 0 Å². The molecule has 2 rings (SSSR count). The van der Waals surface area contributed by atoms with Crippen molar-refractivity contribution in [3.63, 3.8) is 0 Å². The summed E-state index contributed by atoms with van der Waals surface area (Å²) in [5, 5.41) is 0. The maximum absolute atomic E-state index is 2.65. The molecule has 0 aliphatic heterocycles. The molecule has 0 aromatic carbocycles. The summed E-state index contributed by atoms with van der Waals surface area (Å²) < 4.78 is 0. The average molecular weight is 387 g/mol. The molecule has 0 aromatic rings. The van der Waals surface area contributed by atoms with Gasteiger partial charge in [0.2, 0.25) is 0 Å². The van der Waals surface area contributed by atoms with Crippen LogP contribution in [-0.4, -0.2) is 16.1 Å². The fourth-order valence-electron chi connectivity index (χ4n) is 5.98. The van der Waals surface area contributed by atoms with Crippen LogP contribution in [0, 0.1) is 0 Å². The molecule has 2 aliphatic rings. The molecule has 146 valence electrons. The third-order valence-electron chi connectivity index (χ3n) is 8.20. The molecule has 0 N–H and O–H groups in total. The molecule has 0 atom stereocenters. The largest absolute Gasteiger partial charge is 0.0686 e. The standard InChI is InChI=1S/C24H42Si2/c1-15-16(2)20(6)23(19(15)5)25(9,10)13-14-26(11,12)24-21(7)17(3)18(4)22(24)8/h23-24H,13-14H2,1-12H3. The first kappa shape index (κ1) is 21.7. The van der Waals surface area contributed by atoms with E-state index in [0.717, 1.165) is 11.1 Å². The molecule has 2 aliphatic carbocycles. The highest BCUT2D eigenvalue weighted by molar-refractivity contribution is 6.85. The lowest BCUT2D eigenvalue weighted by atomic mass is 10.1. The van der Waals surface area contributed by atoms with Gasteiger partial charge in [-0.15, -0.1) is 0 Å². The number of hydrogen-bond acceptors (Lipinski definition) is 0. The van der Waals surface area contributed by atoms with Crippen LogP contribution < -0.4 is 0 Å². The van der Waals surface area contributed by atoms with E-state index >= 15 is 0 Å². The molecule has 0 spiro atoms. The molecule has 0 heterocycles. The van der Waals surface area contributed by atoms with Crippen molar-refractivity contribution >= 4 is 16.1 Å². The lowest BCUT2D eigenvalue weighted by Crippen LogP contribution is -2.39. The highest BCUT2D eigenvalue weighted by Gasteiger charge is 2.43. The maximum Gasteiger partial charge on any atom is 0.0592 e. The van der Waals surface area contributed by atoms with Crippen LogP contribution in [0.5, 0.6) is 0 Å². The molecule has 0 amide bonds. The minimum absolute atomic E-state index is 0.771. The highest BCUT2D eigenvalue weighted by Crippen LogP contribution is 2.51. The highest BCUT2D eigenvalue weighted by atomic mass is 28.3. The molecule has 0 fully saturated rings. The fraction of sp³-hybridized carbons (Fsp3) is 0.667. The summed E-state index contributed by atoms with van der Waals surface area (Å²) in [4.78, 5) is 0. The molecule has 0 aromatic heterocycles. The van der Waals surface area contributed by atoms with Crippen molar-refractivity contribution in [2.24, 2.45) is 0 Å². The lowest BCUT2D eigenvalue weighted by molar-refractivity contribution is 1.01. The zero-order valence-corrected chi connectivity index (χ0v) is 21.6. The monoisotopic (exact) mass is 386 g/mol. The SMILES string of the molecule is CC1=C(C)C([Si](C)(C)CC[Si](C)(C)C2C(C)=C(C)C(C)=C2C)C(C)=C1C. The summed E-state index contributed by atoms with van der Waals surface area (Å²) >= 11 is 0. The fourth-order valence-corrected chi connectivity index (χ4v) is 17.3. The Balaban J connectivity index is 2.23.